The predicted molar refractivity (Wildman–Crippen MR) is 80.3 cm³/mol. The third-order valence-corrected chi connectivity index (χ3v) is 3.28. The van der Waals surface area contributed by atoms with Gasteiger partial charge in [-0.2, -0.15) is 0 Å². The average molecular weight is 291 g/mol. The lowest BCUT2D eigenvalue weighted by Crippen LogP contribution is -2.38. The highest BCUT2D eigenvalue weighted by atomic mass is 16.5. The molecule has 0 amide bonds. The standard InChI is InChI=1S/C15H21N3O3/c1-15(20,6-8-21-2)11-16-10-12-9-14(19)18-7-4-3-5-13(18)17-12/h3-5,7,9,16,20H,6,8,10-11H2,1-2H3. The van der Waals surface area contributed by atoms with Crippen LogP contribution in [0, 0.1) is 0 Å². The summed E-state index contributed by atoms with van der Waals surface area (Å²) in [6.07, 6.45) is 2.24. The van der Waals surface area contributed by atoms with Gasteiger partial charge < -0.3 is 15.2 Å². The zero-order chi connectivity index (χ0) is 15.3. The van der Waals surface area contributed by atoms with Crippen molar-refractivity contribution in [3.8, 4) is 0 Å². The van der Waals surface area contributed by atoms with Crippen LogP contribution < -0.4 is 10.9 Å². The lowest BCUT2D eigenvalue weighted by Gasteiger charge is -2.23. The summed E-state index contributed by atoms with van der Waals surface area (Å²) in [6, 6.07) is 6.93. The number of nitrogens with zero attached hydrogens (tertiary/aromatic N) is 2. The monoisotopic (exact) mass is 291 g/mol. The molecule has 0 saturated carbocycles. The minimum absolute atomic E-state index is 0.108. The quantitative estimate of drug-likeness (QED) is 0.780. The fraction of sp³-hybridized carbons (Fsp3) is 0.467. The van der Waals surface area contributed by atoms with Crippen LogP contribution in [0.3, 0.4) is 0 Å². The second-order valence-corrected chi connectivity index (χ2v) is 5.36. The molecule has 6 nitrogen and oxygen atoms in total. The van der Waals surface area contributed by atoms with Crippen LogP contribution in [0.4, 0.5) is 0 Å². The largest absolute Gasteiger partial charge is 0.389 e. The molecule has 21 heavy (non-hydrogen) atoms. The minimum atomic E-state index is -0.845. The summed E-state index contributed by atoms with van der Waals surface area (Å²) in [5.74, 6) is 0. The Bertz CT molecular complexity index is 652. The Morgan fingerprint density at radius 3 is 3.05 bits per heavy atom. The van der Waals surface area contributed by atoms with Gasteiger partial charge >= 0.3 is 0 Å². The van der Waals surface area contributed by atoms with Crippen LogP contribution in [0.25, 0.3) is 5.65 Å². The highest BCUT2D eigenvalue weighted by Crippen LogP contribution is 2.08. The normalized spacial score (nSPS) is 14.2. The molecule has 114 valence electrons. The average Bonchev–Trinajstić information content (AvgIpc) is 2.45. The Kier molecular flexibility index (Phi) is 5.06. The molecule has 1 atom stereocenters. The van der Waals surface area contributed by atoms with Crippen molar-refractivity contribution < 1.29 is 9.84 Å². The number of aliphatic hydroxyl groups is 1. The molecule has 0 radical (unpaired) electrons. The molecule has 2 N–H and O–H groups in total. The number of aromatic nitrogens is 2. The van der Waals surface area contributed by atoms with Crippen LogP contribution in [0.15, 0.2) is 35.3 Å². The van der Waals surface area contributed by atoms with Gasteiger partial charge in [-0.1, -0.05) is 6.07 Å². The molecule has 0 aliphatic carbocycles. The Labute approximate surface area is 123 Å². The fourth-order valence-electron chi connectivity index (χ4n) is 2.06. The first-order chi connectivity index (χ1) is 10.0. The van der Waals surface area contributed by atoms with Gasteiger partial charge in [0.25, 0.3) is 5.56 Å². The lowest BCUT2D eigenvalue weighted by molar-refractivity contribution is 0.0247. The zero-order valence-corrected chi connectivity index (χ0v) is 12.4. The number of pyridine rings is 1. The van der Waals surface area contributed by atoms with E-state index in [2.05, 4.69) is 10.3 Å². The number of ether oxygens (including phenoxy) is 1. The van der Waals surface area contributed by atoms with E-state index in [4.69, 9.17) is 4.74 Å². The van der Waals surface area contributed by atoms with Crippen LogP contribution in [-0.2, 0) is 11.3 Å². The van der Waals surface area contributed by atoms with Crippen molar-refractivity contribution in [3.63, 3.8) is 0 Å². The summed E-state index contributed by atoms with van der Waals surface area (Å²) in [5.41, 5.74) is 0.326. The number of nitrogens with one attached hydrogen (secondary N) is 1. The number of rotatable bonds is 7. The van der Waals surface area contributed by atoms with Gasteiger partial charge in [0.1, 0.15) is 5.65 Å². The maximum atomic E-state index is 11.9. The van der Waals surface area contributed by atoms with Crippen molar-refractivity contribution in [1.82, 2.24) is 14.7 Å². The smallest absolute Gasteiger partial charge is 0.258 e. The third kappa shape index (κ3) is 4.35. The third-order valence-electron chi connectivity index (χ3n) is 3.28. The van der Waals surface area contributed by atoms with Gasteiger partial charge in [0.2, 0.25) is 0 Å². The molecule has 2 rings (SSSR count). The summed E-state index contributed by atoms with van der Waals surface area (Å²) in [6.45, 7) is 3.10. The van der Waals surface area contributed by atoms with Gasteiger partial charge in [-0.25, -0.2) is 4.98 Å². The zero-order valence-electron chi connectivity index (χ0n) is 12.4. The van der Waals surface area contributed by atoms with Crippen LogP contribution in [0.2, 0.25) is 0 Å². The highest BCUT2D eigenvalue weighted by molar-refractivity contribution is 5.37. The maximum absolute atomic E-state index is 11.9. The molecule has 0 spiro atoms. The second kappa shape index (κ2) is 6.80. The van der Waals surface area contributed by atoms with E-state index >= 15 is 0 Å². The summed E-state index contributed by atoms with van der Waals surface area (Å²) < 4.78 is 6.46. The van der Waals surface area contributed by atoms with E-state index in [9.17, 15) is 9.90 Å². The van der Waals surface area contributed by atoms with Crippen molar-refractivity contribution in [1.29, 1.82) is 0 Å². The molecule has 0 aliphatic rings. The molecule has 0 aromatic carbocycles. The van der Waals surface area contributed by atoms with Crippen LogP contribution >= 0.6 is 0 Å². The van der Waals surface area contributed by atoms with Crippen LogP contribution in [0.1, 0.15) is 19.0 Å². The first-order valence-corrected chi connectivity index (χ1v) is 6.91. The van der Waals surface area contributed by atoms with Gasteiger partial charge in [-0.05, 0) is 19.1 Å². The van der Waals surface area contributed by atoms with E-state index in [1.54, 1.807) is 32.4 Å². The number of fused-ring (bicyclic) bond motifs is 1. The Morgan fingerprint density at radius 2 is 2.29 bits per heavy atom. The molecule has 0 fully saturated rings. The summed E-state index contributed by atoms with van der Waals surface area (Å²) in [5, 5.41) is 13.2. The molecule has 2 heterocycles. The molecule has 6 heteroatoms. The molecule has 0 saturated heterocycles. The van der Waals surface area contributed by atoms with E-state index in [0.29, 0.717) is 37.5 Å². The molecule has 2 aromatic rings. The molecular formula is C15H21N3O3. The first-order valence-electron chi connectivity index (χ1n) is 6.91. The van der Waals surface area contributed by atoms with E-state index in [1.165, 1.54) is 10.5 Å². The number of methoxy groups -OCH3 is 1. The minimum Gasteiger partial charge on any atom is -0.389 e. The molecule has 0 bridgehead atoms. The Morgan fingerprint density at radius 1 is 1.48 bits per heavy atom. The second-order valence-electron chi connectivity index (χ2n) is 5.36. The molecule has 1 unspecified atom stereocenters. The van der Waals surface area contributed by atoms with Crippen LogP contribution in [-0.4, -0.2) is 40.4 Å². The predicted octanol–water partition coefficient (Wildman–Crippen LogP) is 0.572. The van der Waals surface area contributed by atoms with Crippen molar-refractivity contribution >= 4 is 5.65 Å². The van der Waals surface area contributed by atoms with E-state index in [0.717, 1.165) is 0 Å². The van der Waals surface area contributed by atoms with Gasteiger partial charge in [0, 0.05) is 45.5 Å². The van der Waals surface area contributed by atoms with Gasteiger partial charge in [0.05, 0.1) is 11.3 Å². The SMILES string of the molecule is COCCC(C)(O)CNCc1cc(=O)n2ccccc2n1. The van der Waals surface area contributed by atoms with Gasteiger partial charge in [0.15, 0.2) is 0 Å². The van der Waals surface area contributed by atoms with Crippen LogP contribution in [0.5, 0.6) is 0 Å². The summed E-state index contributed by atoms with van der Waals surface area (Å²) in [7, 11) is 1.61. The Hall–Kier alpha value is -1.76. The summed E-state index contributed by atoms with van der Waals surface area (Å²) in [4.78, 5) is 16.3. The molecule has 2 aromatic heterocycles. The highest BCUT2D eigenvalue weighted by Gasteiger charge is 2.19. The van der Waals surface area contributed by atoms with Crippen molar-refractivity contribution in [2.45, 2.75) is 25.5 Å². The lowest BCUT2D eigenvalue weighted by atomic mass is 10.0. The number of hydrogen-bond donors (Lipinski definition) is 2. The summed E-state index contributed by atoms with van der Waals surface area (Å²) >= 11 is 0. The maximum Gasteiger partial charge on any atom is 0.258 e. The van der Waals surface area contributed by atoms with Crippen molar-refractivity contribution in [3.05, 3.63) is 46.5 Å². The Balaban J connectivity index is 1.99. The van der Waals surface area contributed by atoms with E-state index < -0.39 is 5.60 Å². The van der Waals surface area contributed by atoms with Crippen molar-refractivity contribution in [2.24, 2.45) is 0 Å². The molecule has 0 aliphatic heterocycles. The fourth-order valence-corrected chi connectivity index (χ4v) is 2.06. The van der Waals surface area contributed by atoms with Crippen molar-refractivity contribution in [2.75, 3.05) is 20.3 Å². The first kappa shape index (κ1) is 15.6. The number of hydrogen-bond acceptors (Lipinski definition) is 5. The molecular weight excluding hydrogens is 270 g/mol. The van der Waals surface area contributed by atoms with E-state index in [-0.39, 0.29) is 5.56 Å². The van der Waals surface area contributed by atoms with E-state index in [1.807, 2.05) is 6.07 Å². The van der Waals surface area contributed by atoms with Gasteiger partial charge in [-0.3, -0.25) is 9.20 Å². The topological polar surface area (TPSA) is 75.9 Å². The van der Waals surface area contributed by atoms with Gasteiger partial charge in [-0.15, -0.1) is 0 Å².